The van der Waals surface area contributed by atoms with Gasteiger partial charge in [0.2, 0.25) is 0 Å². The van der Waals surface area contributed by atoms with Gasteiger partial charge >= 0.3 is 5.97 Å². The largest absolute Gasteiger partial charge is 0.481 e. The Morgan fingerprint density at radius 2 is 1.82 bits per heavy atom. The van der Waals surface area contributed by atoms with Gasteiger partial charge in [-0.25, -0.2) is 14.8 Å². The molecule has 0 fully saturated rings. The molecule has 2 aromatic carbocycles. The average Bonchev–Trinajstić information content (AvgIpc) is 3.48. The Kier molecular flexibility index (Phi) is 7.19. The number of carbonyl (C=O) groups is 1. The minimum absolute atomic E-state index is 0.131. The van der Waals surface area contributed by atoms with E-state index in [0.717, 1.165) is 47.3 Å². The molecule has 0 aliphatic heterocycles. The van der Waals surface area contributed by atoms with Gasteiger partial charge < -0.3 is 5.11 Å². The number of hydrogen-bond donors (Lipinski definition) is 2. The Morgan fingerprint density at radius 1 is 1.03 bits per heavy atom. The summed E-state index contributed by atoms with van der Waals surface area (Å²) in [6.45, 7) is 2.78. The highest BCUT2D eigenvalue weighted by atomic mass is 16.4. The van der Waals surface area contributed by atoms with E-state index in [4.69, 9.17) is 5.11 Å². The highest BCUT2D eigenvalue weighted by Crippen LogP contribution is 2.29. The number of carboxylic acids is 1. The van der Waals surface area contributed by atoms with E-state index >= 15 is 0 Å². The lowest BCUT2D eigenvalue weighted by molar-refractivity contribution is -0.137. The first kappa shape index (κ1) is 22.3. The van der Waals surface area contributed by atoms with Crippen LogP contribution >= 0.6 is 0 Å². The zero-order valence-electron chi connectivity index (χ0n) is 18.6. The van der Waals surface area contributed by atoms with Crippen molar-refractivity contribution in [1.82, 2.24) is 35.4 Å². The molecular weight excluding hydrogens is 418 g/mol. The molecule has 0 radical (unpaired) electrons. The van der Waals surface area contributed by atoms with Crippen LogP contribution in [-0.4, -0.2) is 46.5 Å². The summed E-state index contributed by atoms with van der Waals surface area (Å²) in [6, 6.07) is 16.4. The Labute approximate surface area is 191 Å². The average molecular weight is 446 g/mol. The maximum Gasteiger partial charge on any atom is 0.303 e. The van der Waals surface area contributed by atoms with Crippen LogP contribution in [0.25, 0.3) is 22.5 Å². The first-order valence-electron chi connectivity index (χ1n) is 11.2. The third kappa shape index (κ3) is 5.68. The number of aromatic nitrogens is 7. The van der Waals surface area contributed by atoms with Crippen molar-refractivity contribution in [2.24, 2.45) is 0 Å². The minimum atomic E-state index is -0.790. The van der Waals surface area contributed by atoms with Gasteiger partial charge in [-0.15, -0.1) is 5.10 Å². The number of nitrogens with zero attached hydrogens (tertiary/aromatic N) is 6. The van der Waals surface area contributed by atoms with Gasteiger partial charge in [-0.2, -0.15) is 5.10 Å². The third-order valence-electron chi connectivity index (χ3n) is 5.46. The molecule has 9 heteroatoms. The summed E-state index contributed by atoms with van der Waals surface area (Å²) in [5, 5.41) is 27.8. The zero-order chi connectivity index (χ0) is 23.0. The number of H-pyrrole nitrogens is 1. The molecule has 4 aromatic rings. The van der Waals surface area contributed by atoms with Crippen molar-refractivity contribution in [3.05, 3.63) is 65.7 Å². The second-order valence-corrected chi connectivity index (χ2v) is 7.95. The standard InChI is InChI=1S/C24H27N7O2/c1-2-3-10-22-25-21(9-6-11-23(32)33)28-31(22)16-17-12-14-18(15-13-17)19-7-4-5-8-20(19)24-26-29-30-27-24/h4-5,7-8,12-15H,2-3,6,9-11,16H2,1H3,(H,32,33)(H,26,27,29,30). The minimum Gasteiger partial charge on any atom is -0.481 e. The van der Waals surface area contributed by atoms with Gasteiger partial charge in [-0.1, -0.05) is 61.9 Å². The van der Waals surface area contributed by atoms with Crippen molar-refractivity contribution >= 4 is 5.97 Å². The molecule has 170 valence electrons. The predicted molar refractivity (Wildman–Crippen MR) is 123 cm³/mol. The van der Waals surface area contributed by atoms with Crippen LogP contribution in [0.4, 0.5) is 0 Å². The smallest absolute Gasteiger partial charge is 0.303 e. The van der Waals surface area contributed by atoms with Crippen LogP contribution in [0.5, 0.6) is 0 Å². The van der Waals surface area contributed by atoms with E-state index in [0.29, 0.717) is 31.0 Å². The molecule has 0 aliphatic carbocycles. The molecule has 33 heavy (non-hydrogen) atoms. The molecule has 0 saturated heterocycles. The number of rotatable bonds is 11. The Hall–Kier alpha value is -3.88. The van der Waals surface area contributed by atoms with Gasteiger partial charge in [-0.05, 0) is 40.0 Å². The summed E-state index contributed by atoms with van der Waals surface area (Å²) in [4.78, 5) is 15.5. The Morgan fingerprint density at radius 3 is 2.52 bits per heavy atom. The first-order valence-corrected chi connectivity index (χ1v) is 11.2. The molecule has 0 spiro atoms. The Bertz CT molecular complexity index is 1180. The van der Waals surface area contributed by atoms with Gasteiger partial charge in [-0.3, -0.25) is 4.79 Å². The molecule has 0 atom stereocenters. The number of carboxylic acid groups (broad SMARTS) is 1. The van der Waals surface area contributed by atoms with Gasteiger partial charge in [0.05, 0.1) is 6.54 Å². The Balaban J connectivity index is 1.52. The summed E-state index contributed by atoms with van der Waals surface area (Å²) < 4.78 is 1.95. The van der Waals surface area contributed by atoms with Crippen LogP contribution in [-0.2, 0) is 24.2 Å². The van der Waals surface area contributed by atoms with Crippen molar-refractivity contribution in [2.45, 2.75) is 52.0 Å². The van der Waals surface area contributed by atoms with Crippen molar-refractivity contribution < 1.29 is 9.90 Å². The number of aliphatic carboxylic acids is 1. The highest BCUT2D eigenvalue weighted by Gasteiger charge is 2.13. The fourth-order valence-electron chi connectivity index (χ4n) is 3.75. The topological polar surface area (TPSA) is 122 Å². The molecule has 2 aromatic heterocycles. The molecule has 0 bridgehead atoms. The van der Waals surface area contributed by atoms with Crippen LogP contribution in [0, 0.1) is 0 Å². The first-order chi connectivity index (χ1) is 16.1. The van der Waals surface area contributed by atoms with Crippen molar-refractivity contribution in [2.75, 3.05) is 0 Å². The van der Waals surface area contributed by atoms with Gasteiger partial charge in [0, 0.05) is 24.8 Å². The zero-order valence-corrected chi connectivity index (χ0v) is 18.6. The van der Waals surface area contributed by atoms with E-state index in [1.165, 1.54) is 0 Å². The van der Waals surface area contributed by atoms with Crippen molar-refractivity contribution in [3.63, 3.8) is 0 Å². The lowest BCUT2D eigenvalue weighted by atomic mass is 9.98. The van der Waals surface area contributed by atoms with Crippen LogP contribution < -0.4 is 0 Å². The fourth-order valence-corrected chi connectivity index (χ4v) is 3.75. The van der Waals surface area contributed by atoms with Gasteiger partial charge in [0.1, 0.15) is 5.82 Å². The number of tetrazole rings is 1. The predicted octanol–water partition coefficient (Wildman–Crippen LogP) is 3.92. The van der Waals surface area contributed by atoms with Gasteiger partial charge in [0.25, 0.3) is 0 Å². The van der Waals surface area contributed by atoms with E-state index in [9.17, 15) is 4.79 Å². The molecule has 2 N–H and O–H groups in total. The molecule has 0 unspecified atom stereocenters. The highest BCUT2D eigenvalue weighted by molar-refractivity contribution is 5.80. The van der Waals surface area contributed by atoms with Crippen LogP contribution in [0.3, 0.4) is 0 Å². The summed E-state index contributed by atoms with van der Waals surface area (Å²) in [5.41, 5.74) is 4.19. The number of nitrogens with one attached hydrogen (secondary N) is 1. The molecule has 0 amide bonds. The monoisotopic (exact) mass is 445 g/mol. The second-order valence-electron chi connectivity index (χ2n) is 7.95. The maximum atomic E-state index is 10.8. The number of aromatic amines is 1. The molecular formula is C24H27N7O2. The molecule has 0 saturated carbocycles. The van der Waals surface area contributed by atoms with Crippen molar-refractivity contribution in [3.8, 4) is 22.5 Å². The van der Waals surface area contributed by atoms with E-state index in [2.05, 4.69) is 68.0 Å². The number of aryl methyl sites for hydroxylation is 2. The fraction of sp³-hybridized carbons (Fsp3) is 0.333. The summed E-state index contributed by atoms with van der Waals surface area (Å²) in [6.07, 6.45) is 4.23. The van der Waals surface area contributed by atoms with E-state index < -0.39 is 5.97 Å². The summed E-state index contributed by atoms with van der Waals surface area (Å²) in [5.74, 6) is 1.51. The van der Waals surface area contributed by atoms with Crippen LogP contribution in [0.1, 0.15) is 49.8 Å². The van der Waals surface area contributed by atoms with E-state index in [1.54, 1.807) is 0 Å². The second kappa shape index (κ2) is 10.6. The number of hydrogen-bond acceptors (Lipinski definition) is 6. The lowest BCUT2D eigenvalue weighted by Crippen LogP contribution is -2.07. The molecule has 4 rings (SSSR count). The maximum absolute atomic E-state index is 10.8. The van der Waals surface area contributed by atoms with E-state index in [-0.39, 0.29) is 6.42 Å². The third-order valence-corrected chi connectivity index (χ3v) is 5.46. The normalized spacial score (nSPS) is 11.1. The van der Waals surface area contributed by atoms with Crippen molar-refractivity contribution in [1.29, 1.82) is 0 Å². The molecule has 0 aliphatic rings. The van der Waals surface area contributed by atoms with Crippen LogP contribution in [0.2, 0.25) is 0 Å². The number of benzene rings is 2. The molecule has 2 heterocycles. The van der Waals surface area contributed by atoms with Gasteiger partial charge in [0.15, 0.2) is 11.6 Å². The molecule has 9 nitrogen and oxygen atoms in total. The van der Waals surface area contributed by atoms with Crippen LogP contribution in [0.15, 0.2) is 48.5 Å². The quantitative estimate of drug-likeness (QED) is 0.359. The summed E-state index contributed by atoms with van der Waals surface area (Å²) in [7, 11) is 0. The van der Waals surface area contributed by atoms with E-state index in [1.807, 2.05) is 22.9 Å². The SMILES string of the molecule is CCCCc1nc(CCCC(=O)O)nn1Cc1ccc(-c2ccccc2-c2nnn[nH]2)cc1. The lowest BCUT2D eigenvalue weighted by Gasteiger charge is -2.09. The summed E-state index contributed by atoms with van der Waals surface area (Å²) >= 11 is 0. The number of unbranched alkanes of at least 4 members (excludes halogenated alkanes) is 1.